The van der Waals surface area contributed by atoms with Gasteiger partial charge in [0.1, 0.15) is 6.04 Å². The van der Waals surface area contributed by atoms with E-state index in [2.05, 4.69) is 17.6 Å². The fraction of sp³-hybridized carbons (Fsp3) is 0.857. The van der Waals surface area contributed by atoms with Crippen molar-refractivity contribution in [3.8, 4) is 0 Å². The number of carbonyl (C=O) groups is 2. The summed E-state index contributed by atoms with van der Waals surface area (Å²) in [6, 6.07) is -0.466. The van der Waals surface area contributed by atoms with Gasteiger partial charge in [0.25, 0.3) is 0 Å². The van der Waals surface area contributed by atoms with Crippen molar-refractivity contribution in [3.63, 3.8) is 0 Å². The minimum Gasteiger partial charge on any atom is -0.355 e. The van der Waals surface area contributed by atoms with Crippen LogP contribution in [0.5, 0.6) is 0 Å². The number of nitrogens with one attached hydrogen (secondary N) is 2. The van der Waals surface area contributed by atoms with Gasteiger partial charge in [0, 0.05) is 13.0 Å². The summed E-state index contributed by atoms with van der Waals surface area (Å²) in [5, 5.41) is 5.41. The molecule has 2 atom stereocenters. The predicted octanol–water partition coefficient (Wildman–Crippen LogP) is 1.17. The van der Waals surface area contributed by atoms with E-state index in [4.69, 9.17) is 5.73 Å². The van der Waals surface area contributed by atoms with Crippen LogP contribution in [-0.2, 0) is 9.59 Å². The van der Waals surface area contributed by atoms with Crippen molar-refractivity contribution >= 4 is 11.8 Å². The van der Waals surface area contributed by atoms with E-state index in [0.29, 0.717) is 25.4 Å². The molecule has 5 nitrogen and oxygen atoms in total. The average Bonchev–Trinajstić information content (AvgIpc) is 2.36. The first kappa shape index (κ1) is 17.9. The van der Waals surface area contributed by atoms with Crippen LogP contribution in [0.15, 0.2) is 0 Å². The Kier molecular flexibility index (Phi) is 10.2. The van der Waals surface area contributed by atoms with E-state index in [1.807, 2.05) is 6.92 Å². The van der Waals surface area contributed by atoms with Gasteiger partial charge >= 0.3 is 0 Å². The molecule has 0 saturated heterocycles. The molecule has 0 aliphatic heterocycles. The molecule has 0 fully saturated rings. The van der Waals surface area contributed by atoms with Gasteiger partial charge in [0.05, 0.1) is 0 Å². The number of nitrogens with two attached hydrogens (primary N) is 1. The Morgan fingerprint density at radius 3 is 2.37 bits per heavy atom. The van der Waals surface area contributed by atoms with Crippen LogP contribution in [-0.4, -0.2) is 30.9 Å². The Morgan fingerprint density at radius 2 is 1.84 bits per heavy atom. The maximum absolute atomic E-state index is 11.8. The normalized spacial score (nSPS) is 13.7. The molecule has 0 aliphatic carbocycles. The van der Waals surface area contributed by atoms with Crippen molar-refractivity contribution < 1.29 is 9.59 Å². The molecule has 0 aromatic heterocycles. The minimum absolute atomic E-state index is 0.0584. The van der Waals surface area contributed by atoms with Gasteiger partial charge in [0.15, 0.2) is 0 Å². The summed E-state index contributed by atoms with van der Waals surface area (Å²) in [5.74, 6) is 0.320. The Morgan fingerprint density at radius 1 is 1.16 bits per heavy atom. The number of hydrogen-bond acceptors (Lipinski definition) is 3. The molecule has 4 N–H and O–H groups in total. The lowest BCUT2D eigenvalue weighted by Crippen LogP contribution is -2.44. The van der Waals surface area contributed by atoms with E-state index >= 15 is 0 Å². The molecule has 0 heterocycles. The monoisotopic (exact) mass is 271 g/mol. The van der Waals surface area contributed by atoms with Gasteiger partial charge < -0.3 is 16.4 Å². The SMILES string of the molecule is CCCC(CCN)CCC(=O)NC(C)C(=O)NCC. The van der Waals surface area contributed by atoms with E-state index in [1.54, 1.807) is 6.92 Å². The van der Waals surface area contributed by atoms with Crippen LogP contribution in [0.2, 0.25) is 0 Å². The first-order valence-electron chi connectivity index (χ1n) is 7.32. The summed E-state index contributed by atoms with van der Waals surface area (Å²) < 4.78 is 0. The second-order valence-corrected chi connectivity index (χ2v) is 4.95. The van der Waals surface area contributed by atoms with Crippen molar-refractivity contribution in [3.05, 3.63) is 0 Å². The predicted molar refractivity (Wildman–Crippen MR) is 77.6 cm³/mol. The number of amides is 2. The van der Waals surface area contributed by atoms with E-state index < -0.39 is 6.04 Å². The second kappa shape index (κ2) is 10.8. The van der Waals surface area contributed by atoms with Crippen molar-refractivity contribution in [2.45, 2.75) is 58.9 Å². The highest BCUT2D eigenvalue weighted by atomic mass is 16.2. The molecular formula is C14H29N3O2. The quantitative estimate of drug-likeness (QED) is 0.557. The van der Waals surface area contributed by atoms with Crippen LogP contribution in [0.1, 0.15) is 52.9 Å². The molecule has 0 aromatic carbocycles. The lowest BCUT2D eigenvalue weighted by molar-refractivity contribution is -0.128. The van der Waals surface area contributed by atoms with Gasteiger partial charge in [0.2, 0.25) is 11.8 Å². The highest BCUT2D eigenvalue weighted by Crippen LogP contribution is 2.16. The van der Waals surface area contributed by atoms with Gasteiger partial charge in [-0.25, -0.2) is 0 Å². The van der Waals surface area contributed by atoms with E-state index in [9.17, 15) is 9.59 Å². The largest absolute Gasteiger partial charge is 0.355 e. The van der Waals surface area contributed by atoms with Crippen LogP contribution < -0.4 is 16.4 Å². The summed E-state index contributed by atoms with van der Waals surface area (Å²) in [7, 11) is 0. The average molecular weight is 271 g/mol. The summed E-state index contributed by atoms with van der Waals surface area (Å²) in [6.45, 7) is 6.94. The highest BCUT2D eigenvalue weighted by Gasteiger charge is 2.15. The standard InChI is InChI=1S/C14H29N3O2/c1-4-6-12(9-10-15)7-8-13(18)17-11(3)14(19)16-5-2/h11-12H,4-10,15H2,1-3H3,(H,16,19)(H,17,18). The fourth-order valence-corrected chi connectivity index (χ4v) is 2.12. The molecule has 0 saturated carbocycles. The Hall–Kier alpha value is -1.10. The smallest absolute Gasteiger partial charge is 0.242 e. The first-order chi connectivity index (χ1) is 9.04. The topological polar surface area (TPSA) is 84.2 Å². The van der Waals surface area contributed by atoms with Gasteiger partial charge in [-0.1, -0.05) is 19.8 Å². The van der Waals surface area contributed by atoms with Gasteiger partial charge in [-0.05, 0) is 39.2 Å². The maximum Gasteiger partial charge on any atom is 0.242 e. The van der Waals surface area contributed by atoms with Gasteiger partial charge in [-0.3, -0.25) is 9.59 Å². The molecule has 19 heavy (non-hydrogen) atoms. The summed E-state index contributed by atoms with van der Waals surface area (Å²) in [5.41, 5.74) is 5.57. The molecule has 0 radical (unpaired) electrons. The molecule has 0 bridgehead atoms. The van der Waals surface area contributed by atoms with E-state index in [-0.39, 0.29) is 11.8 Å². The number of rotatable bonds is 10. The fourth-order valence-electron chi connectivity index (χ4n) is 2.12. The lowest BCUT2D eigenvalue weighted by atomic mass is 9.94. The minimum atomic E-state index is -0.466. The Labute approximate surface area is 116 Å². The zero-order valence-corrected chi connectivity index (χ0v) is 12.5. The van der Waals surface area contributed by atoms with Crippen molar-refractivity contribution in [1.29, 1.82) is 0 Å². The van der Waals surface area contributed by atoms with Crippen molar-refractivity contribution in [1.82, 2.24) is 10.6 Å². The Balaban J connectivity index is 3.98. The van der Waals surface area contributed by atoms with Gasteiger partial charge in [-0.2, -0.15) is 0 Å². The Bertz CT molecular complexity index is 263. The molecule has 0 rings (SSSR count). The summed E-state index contributed by atoms with van der Waals surface area (Å²) >= 11 is 0. The zero-order valence-electron chi connectivity index (χ0n) is 12.5. The summed E-state index contributed by atoms with van der Waals surface area (Å²) in [4.78, 5) is 23.2. The highest BCUT2D eigenvalue weighted by molar-refractivity contribution is 5.87. The lowest BCUT2D eigenvalue weighted by Gasteiger charge is -2.16. The zero-order chi connectivity index (χ0) is 14.7. The molecule has 0 aromatic rings. The van der Waals surface area contributed by atoms with Crippen molar-refractivity contribution in [2.24, 2.45) is 11.7 Å². The maximum atomic E-state index is 11.8. The summed E-state index contributed by atoms with van der Waals surface area (Å²) in [6.07, 6.45) is 4.50. The third-order valence-electron chi connectivity index (χ3n) is 3.17. The molecule has 2 unspecified atom stereocenters. The second-order valence-electron chi connectivity index (χ2n) is 4.95. The first-order valence-corrected chi connectivity index (χ1v) is 7.32. The molecule has 112 valence electrons. The van der Waals surface area contributed by atoms with Gasteiger partial charge in [-0.15, -0.1) is 0 Å². The number of carbonyl (C=O) groups excluding carboxylic acids is 2. The molecular weight excluding hydrogens is 242 g/mol. The number of likely N-dealkylation sites (N-methyl/N-ethyl adjacent to an activating group) is 1. The number of hydrogen-bond donors (Lipinski definition) is 3. The third-order valence-corrected chi connectivity index (χ3v) is 3.17. The van der Waals surface area contributed by atoms with Crippen LogP contribution in [0, 0.1) is 5.92 Å². The van der Waals surface area contributed by atoms with E-state index in [0.717, 1.165) is 25.7 Å². The molecule has 0 spiro atoms. The molecule has 5 heteroatoms. The molecule has 0 aliphatic rings. The van der Waals surface area contributed by atoms with Crippen LogP contribution in [0.4, 0.5) is 0 Å². The van der Waals surface area contributed by atoms with E-state index in [1.165, 1.54) is 0 Å². The third kappa shape index (κ3) is 8.59. The molecule has 2 amide bonds. The van der Waals surface area contributed by atoms with Crippen LogP contribution in [0.25, 0.3) is 0 Å². The van der Waals surface area contributed by atoms with Crippen LogP contribution in [0.3, 0.4) is 0 Å². The van der Waals surface area contributed by atoms with Crippen LogP contribution >= 0.6 is 0 Å². The van der Waals surface area contributed by atoms with Crippen molar-refractivity contribution in [2.75, 3.05) is 13.1 Å².